The summed E-state index contributed by atoms with van der Waals surface area (Å²) in [5, 5.41) is 2.79. The van der Waals surface area contributed by atoms with Crippen LogP contribution in [0.3, 0.4) is 0 Å². The molecule has 0 saturated carbocycles. The van der Waals surface area contributed by atoms with E-state index >= 15 is 0 Å². The first-order valence-corrected chi connectivity index (χ1v) is 7.00. The van der Waals surface area contributed by atoms with Crippen LogP contribution in [0.15, 0.2) is 48.5 Å². The summed E-state index contributed by atoms with van der Waals surface area (Å²) < 4.78 is 5.63. The van der Waals surface area contributed by atoms with Crippen LogP contribution < -0.4 is 15.8 Å². The summed E-state index contributed by atoms with van der Waals surface area (Å²) in [5.74, 6) is 0.492. The lowest BCUT2D eigenvalue weighted by atomic mass is 10.2. The van der Waals surface area contributed by atoms with Crippen LogP contribution >= 0.6 is 0 Å². The standard InChI is InChI=1S/C17H20N2O2/c1-3-13-4-10-16(11-5-13)21-12(2)17(20)19-15-8-6-14(18)7-9-15/h4-12H,3,18H2,1-2H3,(H,19,20)/t12-/m1/s1. The van der Waals surface area contributed by atoms with E-state index in [2.05, 4.69) is 12.2 Å². The lowest BCUT2D eigenvalue weighted by Gasteiger charge is -2.15. The van der Waals surface area contributed by atoms with Gasteiger partial charge in [-0.1, -0.05) is 19.1 Å². The summed E-state index contributed by atoms with van der Waals surface area (Å²) in [6.07, 6.45) is 0.406. The number of rotatable bonds is 5. The summed E-state index contributed by atoms with van der Waals surface area (Å²) in [4.78, 5) is 12.1. The first-order valence-electron chi connectivity index (χ1n) is 7.00. The zero-order valence-corrected chi connectivity index (χ0v) is 12.3. The Balaban J connectivity index is 1.93. The van der Waals surface area contributed by atoms with E-state index in [-0.39, 0.29) is 5.91 Å². The molecule has 0 radical (unpaired) electrons. The van der Waals surface area contributed by atoms with E-state index in [1.54, 1.807) is 31.2 Å². The van der Waals surface area contributed by atoms with Gasteiger partial charge in [-0.25, -0.2) is 0 Å². The van der Waals surface area contributed by atoms with Crippen LogP contribution in [0.1, 0.15) is 19.4 Å². The average molecular weight is 284 g/mol. The van der Waals surface area contributed by atoms with Crippen molar-refractivity contribution >= 4 is 17.3 Å². The van der Waals surface area contributed by atoms with Crippen molar-refractivity contribution in [3.8, 4) is 5.75 Å². The monoisotopic (exact) mass is 284 g/mol. The lowest BCUT2D eigenvalue weighted by Crippen LogP contribution is -2.30. The van der Waals surface area contributed by atoms with Crippen LogP contribution in [0.5, 0.6) is 5.75 Å². The van der Waals surface area contributed by atoms with E-state index in [0.717, 1.165) is 6.42 Å². The minimum Gasteiger partial charge on any atom is -0.481 e. The molecule has 1 amide bonds. The van der Waals surface area contributed by atoms with Gasteiger partial charge in [-0.2, -0.15) is 0 Å². The number of hydrogen-bond donors (Lipinski definition) is 2. The van der Waals surface area contributed by atoms with Gasteiger partial charge in [-0.05, 0) is 55.3 Å². The molecule has 4 nitrogen and oxygen atoms in total. The highest BCUT2D eigenvalue weighted by molar-refractivity contribution is 5.94. The number of nitrogen functional groups attached to an aromatic ring is 1. The fourth-order valence-electron chi connectivity index (χ4n) is 1.87. The lowest BCUT2D eigenvalue weighted by molar-refractivity contribution is -0.122. The maximum Gasteiger partial charge on any atom is 0.265 e. The Kier molecular flexibility index (Phi) is 4.82. The van der Waals surface area contributed by atoms with Crippen molar-refractivity contribution in [3.63, 3.8) is 0 Å². The third kappa shape index (κ3) is 4.24. The van der Waals surface area contributed by atoms with Gasteiger partial charge in [-0.3, -0.25) is 4.79 Å². The Morgan fingerprint density at radius 3 is 2.33 bits per heavy atom. The molecule has 3 N–H and O–H groups in total. The van der Waals surface area contributed by atoms with Gasteiger partial charge in [0.15, 0.2) is 6.10 Å². The Bertz CT molecular complexity index is 591. The van der Waals surface area contributed by atoms with Gasteiger partial charge in [0.2, 0.25) is 0 Å². The molecular formula is C17H20N2O2. The van der Waals surface area contributed by atoms with Crippen LogP contribution in [-0.4, -0.2) is 12.0 Å². The highest BCUT2D eigenvalue weighted by atomic mass is 16.5. The number of nitrogens with two attached hydrogens (primary N) is 1. The average Bonchev–Trinajstić information content (AvgIpc) is 2.50. The van der Waals surface area contributed by atoms with Crippen molar-refractivity contribution in [1.82, 2.24) is 0 Å². The number of aryl methyl sites for hydroxylation is 1. The Morgan fingerprint density at radius 1 is 1.14 bits per heavy atom. The number of benzene rings is 2. The minimum absolute atomic E-state index is 0.195. The SMILES string of the molecule is CCc1ccc(O[C@H](C)C(=O)Nc2ccc(N)cc2)cc1. The molecule has 0 aliphatic heterocycles. The molecule has 0 aliphatic rings. The number of amides is 1. The number of carbonyl (C=O) groups excluding carboxylic acids is 1. The Hall–Kier alpha value is -2.49. The first-order chi connectivity index (χ1) is 10.1. The fraction of sp³-hybridized carbons (Fsp3) is 0.235. The topological polar surface area (TPSA) is 64.3 Å². The maximum absolute atomic E-state index is 12.1. The van der Waals surface area contributed by atoms with Gasteiger partial charge in [0.1, 0.15) is 5.75 Å². The van der Waals surface area contributed by atoms with E-state index in [1.165, 1.54) is 5.56 Å². The molecule has 110 valence electrons. The van der Waals surface area contributed by atoms with Gasteiger partial charge in [0, 0.05) is 11.4 Å². The Morgan fingerprint density at radius 2 is 1.76 bits per heavy atom. The number of hydrogen-bond acceptors (Lipinski definition) is 3. The molecule has 0 aromatic heterocycles. The molecule has 0 heterocycles. The van der Waals surface area contributed by atoms with Crippen molar-refractivity contribution < 1.29 is 9.53 Å². The van der Waals surface area contributed by atoms with Crippen molar-refractivity contribution in [3.05, 3.63) is 54.1 Å². The molecule has 0 aliphatic carbocycles. The second kappa shape index (κ2) is 6.79. The first kappa shape index (κ1) is 14.9. The van der Waals surface area contributed by atoms with Gasteiger partial charge in [0.25, 0.3) is 5.91 Å². The molecule has 2 aromatic rings. The summed E-state index contributed by atoms with van der Waals surface area (Å²) >= 11 is 0. The third-order valence-corrected chi connectivity index (χ3v) is 3.19. The fourth-order valence-corrected chi connectivity index (χ4v) is 1.87. The predicted octanol–water partition coefficient (Wildman–Crippen LogP) is 3.24. The Labute approximate surface area is 124 Å². The second-order valence-corrected chi connectivity index (χ2v) is 4.87. The molecule has 0 unspecified atom stereocenters. The number of carbonyl (C=O) groups is 1. The van der Waals surface area contributed by atoms with E-state index in [4.69, 9.17) is 10.5 Å². The number of nitrogens with one attached hydrogen (secondary N) is 1. The van der Waals surface area contributed by atoms with Crippen molar-refractivity contribution in [2.24, 2.45) is 0 Å². The van der Waals surface area contributed by atoms with E-state index in [0.29, 0.717) is 17.1 Å². The molecule has 2 aromatic carbocycles. The van der Waals surface area contributed by atoms with Crippen molar-refractivity contribution in [2.45, 2.75) is 26.4 Å². The molecule has 0 fully saturated rings. The van der Waals surface area contributed by atoms with Gasteiger partial charge in [-0.15, -0.1) is 0 Å². The van der Waals surface area contributed by atoms with Gasteiger partial charge < -0.3 is 15.8 Å². The highest BCUT2D eigenvalue weighted by Gasteiger charge is 2.14. The molecule has 0 spiro atoms. The molecule has 2 rings (SSSR count). The summed E-state index contributed by atoms with van der Waals surface area (Å²) in [5.41, 5.74) is 8.20. The van der Waals surface area contributed by atoms with Crippen LogP contribution in [-0.2, 0) is 11.2 Å². The zero-order valence-electron chi connectivity index (χ0n) is 12.3. The second-order valence-electron chi connectivity index (χ2n) is 4.87. The predicted molar refractivity (Wildman–Crippen MR) is 85.4 cm³/mol. The minimum atomic E-state index is -0.574. The van der Waals surface area contributed by atoms with E-state index in [1.807, 2.05) is 24.3 Å². The summed E-state index contributed by atoms with van der Waals surface area (Å²) in [6.45, 7) is 3.82. The highest BCUT2D eigenvalue weighted by Crippen LogP contribution is 2.16. The molecule has 21 heavy (non-hydrogen) atoms. The van der Waals surface area contributed by atoms with E-state index < -0.39 is 6.10 Å². The largest absolute Gasteiger partial charge is 0.481 e. The zero-order chi connectivity index (χ0) is 15.2. The van der Waals surface area contributed by atoms with Crippen LogP contribution in [0.25, 0.3) is 0 Å². The van der Waals surface area contributed by atoms with Gasteiger partial charge >= 0.3 is 0 Å². The molecule has 0 bridgehead atoms. The van der Waals surface area contributed by atoms with E-state index in [9.17, 15) is 4.79 Å². The van der Waals surface area contributed by atoms with Crippen LogP contribution in [0.2, 0.25) is 0 Å². The summed E-state index contributed by atoms with van der Waals surface area (Å²) in [6, 6.07) is 14.8. The van der Waals surface area contributed by atoms with Gasteiger partial charge in [0.05, 0.1) is 0 Å². The molecular weight excluding hydrogens is 264 g/mol. The van der Waals surface area contributed by atoms with Crippen molar-refractivity contribution in [1.29, 1.82) is 0 Å². The third-order valence-electron chi connectivity index (χ3n) is 3.19. The summed E-state index contributed by atoms with van der Waals surface area (Å²) in [7, 11) is 0. The van der Waals surface area contributed by atoms with Crippen molar-refractivity contribution in [2.75, 3.05) is 11.1 Å². The molecule has 1 atom stereocenters. The maximum atomic E-state index is 12.1. The normalized spacial score (nSPS) is 11.7. The molecule has 0 saturated heterocycles. The quantitative estimate of drug-likeness (QED) is 0.828. The van der Waals surface area contributed by atoms with Crippen LogP contribution in [0.4, 0.5) is 11.4 Å². The number of ether oxygens (including phenoxy) is 1. The molecule has 4 heteroatoms. The smallest absolute Gasteiger partial charge is 0.265 e. The number of anilines is 2. The van der Waals surface area contributed by atoms with Crippen LogP contribution in [0, 0.1) is 0 Å².